The highest BCUT2D eigenvalue weighted by Gasteiger charge is 2.11. The van der Waals surface area contributed by atoms with Gasteiger partial charge in [0, 0.05) is 45.7 Å². The van der Waals surface area contributed by atoms with Crippen LogP contribution in [0.2, 0.25) is 0 Å². The summed E-state index contributed by atoms with van der Waals surface area (Å²) in [6, 6.07) is 8.83. The van der Waals surface area contributed by atoms with E-state index in [1.165, 1.54) is 11.1 Å². The van der Waals surface area contributed by atoms with Gasteiger partial charge in [0.15, 0.2) is 5.96 Å². The number of rotatable bonds is 6. The van der Waals surface area contributed by atoms with Gasteiger partial charge in [-0.15, -0.1) is 11.3 Å². The molecule has 1 aromatic heterocycles. The van der Waals surface area contributed by atoms with Crippen LogP contribution in [0.25, 0.3) is 0 Å². The number of aromatic nitrogens is 1. The van der Waals surface area contributed by atoms with Gasteiger partial charge >= 0.3 is 0 Å². The number of guanidine groups is 1. The van der Waals surface area contributed by atoms with Crippen molar-refractivity contribution in [1.82, 2.24) is 20.1 Å². The topological polar surface area (TPSA) is 53.0 Å². The number of ether oxygens (including phenoxy) is 1. The van der Waals surface area contributed by atoms with Gasteiger partial charge in [-0.1, -0.05) is 24.3 Å². The molecule has 1 aliphatic heterocycles. The second kappa shape index (κ2) is 9.82. The van der Waals surface area contributed by atoms with Crippen LogP contribution in [0.4, 0.5) is 0 Å². The van der Waals surface area contributed by atoms with Crippen LogP contribution >= 0.6 is 11.3 Å². The highest BCUT2D eigenvalue weighted by atomic mass is 32.1. The van der Waals surface area contributed by atoms with Crippen molar-refractivity contribution in [1.29, 1.82) is 0 Å². The van der Waals surface area contributed by atoms with Crippen LogP contribution < -0.4 is 5.32 Å². The van der Waals surface area contributed by atoms with E-state index in [9.17, 15) is 0 Å². The molecule has 1 fully saturated rings. The van der Waals surface area contributed by atoms with Gasteiger partial charge in [-0.3, -0.25) is 9.89 Å². The number of thiazole rings is 1. The summed E-state index contributed by atoms with van der Waals surface area (Å²) in [4.78, 5) is 13.5. The van der Waals surface area contributed by atoms with Crippen LogP contribution in [0.5, 0.6) is 0 Å². The molecule has 2 heterocycles. The summed E-state index contributed by atoms with van der Waals surface area (Å²) in [6.45, 7) is 8.26. The van der Waals surface area contributed by atoms with E-state index in [1.807, 2.05) is 21.0 Å². The summed E-state index contributed by atoms with van der Waals surface area (Å²) in [5.41, 5.74) is 3.68. The third-order valence-corrected chi connectivity index (χ3v) is 5.44. The molecular weight excluding hydrogens is 358 g/mol. The van der Waals surface area contributed by atoms with E-state index in [1.54, 1.807) is 11.3 Å². The first kappa shape index (κ1) is 19.8. The molecule has 146 valence electrons. The third-order valence-electron chi connectivity index (χ3n) is 4.62. The lowest BCUT2D eigenvalue weighted by molar-refractivity contribution is 0.0342. The first-order chi connectivity index (χ1) is 13.1. The second-order valence-corrected chi connectivity index (χ2v) is 7.88. The maximum atomic E-state index is 5.41. The van der Waals surface area contributed by atoms with Crippen LogP contribution in [0, 0.1) is 6.92 Å². The summed E-state index contributed by atoms with van der Waals surface area (Å²) in [6.07, 6.45) is 0. The van der Waals surface area contributed by atoms with Gasteiger partial charge < -0.3 is 15.0 Å². The molecule has 1 saturated heterocycles. The highest BCUT2D eigenvalue weighted by molar-refractivity contribution is 7.09. The van der Waals surface area contributed by atoms with Gasteiger partial charge in [0.1, 0.15) is 0 Å². The number of hydrogen-bond acceptors (Lipinski definition) is 5. The Morgan fingerprint density at radius 2 is 1.96 bits per heavy atom. The lowest BCUT2D eigenvalue weighted by Gasteiger charge is -2.26. The average Bonchev–Trinajstić information content (AvgIpc) is 3.09. The Bertz CT molecular complexity index is 737. The predicted octanol–water partition coefficient (Wildman–Crippen LogP) is 2.49. The molecule has 0 bridgehead atoms. The molecule has 6 nitrogen and oxygen atoms in total. The van der Waals surface area contributed by atoms with Gasteiger partial charge in [-0.2, -0.15) is 0 Å². The maximum Gasteiger partial charge on any atom is 0.194 e. The van der Waals surface area contributed by atoms with Gasteiger partial charge in [0.05, 0.1) is 30.5 Å². The molecule has 0 spiro atoms. The van der Waals surface area contributed by atoms with E-state index in [-0.39, 0.29) is 0 Å². The quantitative estimate of drug-likeness (QED) is 0.610. The molecule has 0 amide bonds. The van der Waals surface area contributed by atoms with E-state index in [2.05, 4.69) is 54.7 Å². The minimum absolute atomic E-state index is 0.752. The number of aliphatic imine (C=N–C) groups is 1. The Balaban J connectivity index is 1.48. The van der Waals surface area contributed by atoms with Crippen LogP contribution in [-0.4, -0.2) is 61.1 Å². The van der Waals surface area contributed by atoms with Gasteiger partial charge in [-0.05, 0) is 18.1 Å². The first-order valence-corrected chi connectivity index (χ1v) is 10.2. The van der Waals surface area contributed by atoms with E-state index in [0.29, 0.717) is 0 Å². The van der Waals surface area contributed by atoms with Crippen LogP contribution in [-0.2, 0) is 24.4 Å². The lowest BCUT2D eigenvalue weighted by Crippen LogP contribution is -2.38. The molecule has 0 saturated carbocycles. The van der Waals surface area contributed by atoms with Crippen molar-refractivity contribution in [2.24, 2.45) is 4.99 Å². The summed E-state index contributed by atoms with van der Waals surface area (Å²) in [7, 11) is 3.85. The Kier molecular flexibility index (Phi) is 7.20. The summed E-state index contributed by atoms with van der Waals surface area (Å²) in [5.74, 6) is 0.873. The minimum Gasteiger partial charge on any atom is -0.379 e. The summed E-state index contributed by atoms with van der Waals surface area (Å²) < 4.78 is 5.41. The molecule has 27 heavy (non-hydrogen) atoms. The van der Waals surface area contributed by atoms with Crippen molar-refractivity contribution in [2.45, 2.75) is 26.6 Å². The predicted molar refractivity (Wildman–Crippen MR) is 111 cm³/mol. The standard InChI is InChI=1S/C20H29N5OS/c1-16-23-19(15-27-16)14-24(3)20(21-2)22-12-17-4-6-18(7-5-17)13-25-8-10-26-11-9-25/h4-7,15H,8-14H2,1-3H3,(H,21,22). The zero-order valence-corrected chi connectivity index (χ0v) is 17.3. The number of morpholine rings is 1. The Labute approximate surface area is 165 Å². The summed E-state index contributed by atoms with van der Waals surface area (Å²) in [5, 5.41) is 6.64. The molecule has 1 aromatic carbocycles. The van der Waals surface area contributed by atoms with E-state index >= 15 is 0 Å². The third kappa shape index (κ3) is 6.02. The molecule has 3 rings (SSSR count). The fraction of sp³-hybridized carbons (Fsp3) is 0.500. The number of nitrogens with zero attached hydrogens (tertiary/aromatic N) is 4. The number of aryl methyl sites for hydroxylation is 1. The monoisotopic (exact) mass is 387 g/mol. The van der Waals surface area contributed by atoms with Crippen molar-refractivity contribution in [3.8, 4) is 0 Å². The number of hydrogen-bond donors (Lipinski definition) is 1. The average molecular weight is 388 g/mol. The minimum atomic E-state index is 0.752. The van der Waals surface area contributed by atoms with Crippen LogP contribution in [0.15, 0.2) is 34.6 Å². The Morgan fingerprint density at radius 1 is 1.26 bits per heavy atom. The van der Waals surface area contributed by atoms with Gasteiger partial charge in [0.2, 0.25) is 0 Å². The highest BCUT2D eigenvalue weighted by Crippen LogP contribution is 2.11. The molecule has 7 heteroatoms. The largest absolute Gasteiger partial charge is 0.379 e. The molecule has 2 aromatic rings. The maximum absolute atomic E-state index is 5.41. The molecule has 1 aliphatic rings. The zero-order chi connectivity index (χ0) is 19.1. The molecule has 0 radical (unpaired) electrons. The van der Waals surface area contributed by atoms with Crippen molar-refractivity contribution >= 4 is 17.3 Å². The Hall–Kier alpha value is -1.96. The van der Waals surface area contributed by atoms with Crippen molar-refractivity contribution in [2.75, 3.05) is 40.4 Å². The van der Waals surface area contributed by atoms with Gasteiger partial charge in [0.25, 0.3) is 0 Å². The Morgan fingerprint density at radius 3 is 2.59 bits per heavy atom. The van der Waals surface area contributed by atoms with E-state index in [4.69, 9.17) is 4.74 Å². The van der Waals surface area contributed by atoms with Crippen molar-refractivity contribution in [3.05, 3.63) is 51.5 Å². The smallest absolute Gasteiger partial charge is 0.194 e. The second-order valence-electron chi connectivity index (χ2n) is 6.82. The fourth-order valence-corrected chi connectivity index (χ4v) is 3.75. The van der Waals surface area contributed by atoms with Crippen molar-refractivity contribution < 1.29 is 4.74 Å². The molecular formula is C20H29N5OS. The number of benzene rings is 1. The van der Waals surface area contributed by atoms with Crippen LogP contribution in [0.3, 0.4) is 0 Å². The first-order valence-electron chi connectivity index (χ1n) is 9.35. The lowest BCUT2D eigenvalue weighted by atomic mass is 10.1. The van der Waals surface area contributed by atoms with Gasteiger partial charge in [-0.25, -0.2) is 4.98 Å². The molecule has 0 aliphatic carbocycles. The van der Waals surface area contributed by atoms with E-state index in [0.717, 1.165) is 62.6 Å². The number of nitrogens with one attached hydrogen (secondary N) is 1. The molecule has 0 unspecified atom stereocenters. The molecule has 0 atom stereocenters. The molecule has 1 N–H and O–H groups in total. The van der Waals surface area contributed by atoms with E-state index < -0.39 is 0 Å². The normalized spacial score (nSPS) is 15.7. The summed E-state index contributed by atoms with van der Waals surface area (Å²) >= 11 is 1.68. The van der Waals surface area contributed by atoms with Crippen LogP contribution in [0.1, 0.15) is 21.8 Å². The van der Waals surface area contributed by atoms with Crippen molar-refractivity contribution in [3.63, 3.8) is 0 Å². The SMILES string of the molecule is CN=C(NCc1ccc(CN2CCOCC2)cc1)N(C)Cc1csc(C)n1. The zero-order valence-electron chi connectivity index (χ0n) is 16.4. The fourth-order valence-electron chi connectivity index (χ4n) is 3.14.